The van der Waals surface area contributed by atoms with Crippen molar-refractivity contribution in [2.24, 2.45) is 0 Å². The van der Waals surface area contributed by atoms with Crippen molar-refractivity contribution < 1.29 is 9.13 Å². The summed E-state index contributed by atoms with van der Waals surface area (Å²) in [5, 5.41) is 0. The van der Waals surface area contributed by atoms with Crippen LogP contribution in [0.5, 0.6) is 5.75 Å². The summed E-state index contributed by atoms with van der Waals surface area (Å²) in [5.74, 6) is -0.256. The lowest BCUT2D eigenvalue weighted by Crippen LogP contribution is -2.00. The van der Waals surface area contributed by atoms with Crippen LogP contribution >= 0.6 is 0 Å². The molecule has 0 amide bonds. The van der Waals surface area contributed by atoms with Crippen LogP contribution in [0.2, 0.25) is 0 Å². The SMILES string of the molecule is CCCCCCCCCOc1cccnc1F. The van der Waals surface area contributed by atoms with Crippen molar-refractivity contribution >= 4 is 0 Å². The maximum atomic E-state index is 13.1. The van der Waals surface area contributed by atoms with Gasteiger partial charge in [0.25, 0.3) is 5.95 Å². The van der Waals surface area contributed by atoms with Crippen LogP contribution in [-0.2, 0) is 0 Å². The molecule has 0 N–H and O–H groups in total. The smallest absolute Gasteiger partial charge is 0.255 e. The minimum atomic E-state index is -0.518. The first-order valence-electron chi connectivity index (χ1n) is 6.58. The van der Waals surface area contributed by atoms with Gasteiger partial charge in [-0.1, -0.05) is 45.4 Å². The van der Waals surface area contributed by atoms with Gasteiger partial charge in [-0.15, -0.1) is 0 Å². The van der Waals surface area contributed by atoms with Crippen molar-refractivity contribution in [1.82, 2.24) is 4.98 Å². The number of nitrogens with zero attached hydrogens (tertiary/aromatic N) is 1. The van der Waals surface area contributed by atoms with Gasteiger partial charge >= 0.3 is 0 Å². The summed E-state index contributed by atoms with van der Waals surface area (Å²) < 4.78 is 18.4. The summed E-state index contributed by atoms with van der Waals surface area (Å²) in [6.45, 7) is 2.80. The van der Waals surface area contributed by atoms with E-state index in [4.69, 9.17) is 4.74 Å². The van der Waals surface area contributed by atoms with E-state index in [1.165, 1.54) is 38.3 Å². The Labute approximate surface area is 103 Å². The predicted octanol–water partition coefficient (Wildman–Crippen LogP) is 4.35. The van der Waals surface area contributed by atoms with Gasteiger partial charge in [-0.25, -0.2) is 4.98 Å². The van der Waals surface area contributed by atoms with Crippen LogP contribution in [-0.4, -0.2) is 11.6 Å². The lowest BCUT2D eigenvalue weighted by Gasteiger charge is -2.06. The van der Waals surface area contributed by atoms with E-state index in [1.54, 1.807) is 12.1 Å². The Hall–Kier alpha value is -1.12. The predicted molar refractivity (Wildman–Crippen MR) is 67.7 cm³/mol. The Morgan fingerprint density at radius 3 is 2.53 bits per heavy atom. The number of ether oxygens (including phenoxy) is 1. The molecule has 3 heteroatoms. The number of unbranched alkanes of at least 4 members (excludes halogenated alkanes) is 6. The highest BCUT2D eigenvalue weighted by Gasteiger charge is 2.01. The molecule has 96 valence electrons. The van der Waals surface area contributed by atoms with Gasteiger partial charge < -0.3 is 4.74 Å². The summed E-state index contributed by atoms with van der Waals surface area (Å²) in [4.78, 5) is 3.54. The Morgan fingerprint density at radius 2 is 1.82 bits per heavy atom. The lowest BCUT2D eigenvalue weighted by atomic mass is 10.1. The summed E-state index contributed by atoms with van der Waals surface area (Å²) in [7, 11) is 0. The fourth-order valence-corrected chi connectivity index (χ4v) is 1.72. The second-order valence-electron chi connectivity index (χ2n) is 4.26. The molecule has 0 atom stereocenters. The first-order valence-corrected chi connectivity index (χ1v) is 6.58. The molecule has 2 nitrogen and oxygen atoms in total. The number of pyridine rings is 1. The zero-order valence-electron chi connectivity index (χ0n) is 10.6. The second-order valence-corrected chi connectivity index (χ2v) is 4.26. The van der Waals surface area contributed by atoms with Gasteiger partial charge in [0.1, 0.15) is 0 Å². The summed E-state index contributed by atoms with van der Waals surface area (Å²) in [5.41, 5.74) is 0. The van der Waals surface area contributed by atoms with Crippen LogP contribution < -0.4 is 4.74 Å². The molecule has 0 saturated carbocycles. The van der Waals surface area contributed by atoms with Crippen LogP contribution in [0, 0.1) is 5.95 Å². The van der Waals surface area contributed by atoms with E-state index in [2.05, 4.69) is 11.9 Å². The van der Waals surface area contributed by atoms with Gasteiger partial charge in [-0.3, -0.25) is 0 Å². The van der Waals surface area contributed by atoms with E-state index in [-0.39, 0.29) is 5.75 Å². The van der Waals surface area contributed by atoms with Crippen molar-refractivity contribution in [3.05, 3.63) is 24.3 Å². The molecular formula is C14H22FNO. The standard InChI is InChI=1S/C14H22FNO/c1-2-3-4-5-6-7-8-12-17-13-10-9-11-16-14(13)15/h9-11H,2-8,12H2,1H3. The van der Waals surface area contributed by atoms with Gasteiger partial charge in [-0.05, 0) is 18.6 Å². The van der Waals surface area contributed by atoms with Gasteiger partial charge in [-0.2, -0.15) is 4.39 Å². The topological polar surface area (TPSA) is 22.1 Å². The average molecular weight is 239 g/mol. The Balaban J connectivity index is 1.99. The first kappa shape index (κ1) is 13.9. The van der Waals surface area contributed by atoms with Crippen molar-refractivity contribution in [3.63, 3.8) is 0 Å². The Kier molecular flexibility index (Phi) is 7.35. The van der Waals surface area contributed by atoms with Crippen LogP contribution in [0.3, 0.4) is 0 Å². The molecule has 0 saturated heterocycles. The number of rotatable bonds is 9. The van der Waals surface area contributed by atoms with Gasteiger partial charge in [0, 0.05) is 6.20 Å². The molecule has 0 aliphatic carbocycles. The monoisotopic (exact) mass is 239 g/mol. The van der Waals surface area contributed by atoms with Gasteiger partial charge in [0.15, 0.2) is 5.75 Å². The highest BCUT2D eigenvalue weighted by Crippen LogP contribution is 2.14. The summed E-state index contributed by atoms with van der Waals surface area (Å²) in [6, 6.07) is 3.30. The molecule has 0 aliphatic rings. The lowest BCUT2D eigenvalue weighted by molar-refractivity contribution is 0.286. The normalized spacial score (nSPS) is 10.5. The Morgan fingerprint density at radius 1 is 1.12 bits per heavy atom. The third-order valence-corrected chi connectivity index (χ3v) is 2.73. The van der Waals surface area contributed by atoms with Gasteiger partial charge in [0.05, 0.1) is 6.61 Å². The number of aromatic nitrogens is 1. The van der Waals surface area contributed by atoms with Crippen molar-refractivity contribution in [1.29, 1.82) is 0 Å². The molecule has 0 unspecified atom stereocenters. The maximum absolute atomic E-state index is 13.1. The average Bonchev–Trinajstić information content (AvgIpc) is 2.35. The second kappa shape index (κ2) is 8.97. The Bertz CT molecular complexity index is 304. The number of halogens is 1. The highest BCUT2D eigenvalue weighted by atomic mass is 19.1. The minimum Gasteiger partial charge on any atom is -0.489 e. The van der Waals surface area contributed by atoms with Crippen molar-refractivity contribution in [3.8, 4) is 5.75 Å². The molecule has 0 radical (unpaired) electrons. The number of hydrogen-bond acceptors (Lipinski definition) is 2. The molecule has 0 fully saturated rings. The first-order chi connectivity index (χ1) is 8.34. The molecule has 17 heavy (non-hydrogen) atoms. The molecule has 0 aliphatic heterocycles. The van der Waals surface area contributed by atoms with Crippen LogP contribution in [0.15, 0.2) is 18.3 Å². The summed E-state index contributed by atoms with van der Waals surface area (Å²) >= 11 is 0. The fourth-order valence-electron chi connectivity index (χ4n) is 1.72. The number of hydrogen-bond donors (Lipinski definition) is 0. The molecular weight excluding hydrogens is 217 g/mol. The molecule has 1 aromatic rings. The van der Waals surface area contributed by atoms with E-state index < -0.39 is 5.95 Å². The third kappa shape index (κ3) is 6.25. The van der Waals surface area contributed by atoms with Gasteiger partial charge in [0.2, 0.25) is 0 Å². The fraction of sp³-hybridized carbons (Fsp3) is 0.643. The molecule has 1 rings (SSSR count). The van der Waals surface area contributed by atoms with Crippen molar-refractivity contribution in [2.75, 3.05) is 6.61 Å². The van der Waals surface area contributed by atoms with Crippen LogP contribution in [0.4, 0.5) is 4.39 Å². The van der Waals surface area contributed by atoms with E-state index in [9.17, 15) is 4.39 Å². The molecule has 1 aromatic heterocycles. The molecule has 0 bridgehead atoms. The van der Waals surface area contributed by atoms with E-state index >= 15 is 0 Å². The van der Waals surface area contributed by atoms with E-state index in [0.717, 1.165) is 12.8 Å². The maximum Gasteiger partial charge on any atom is 0.255 e. The van der Waals surface area contributed by atoms with E-state index in [0.29, 0.717) is 6.61 Å². The van der Waals surface area contributed by atoms with Crippen LogP contribution in [0.25, 0.3) is 0 Å². The minimum absolute atomic E-state index is 0.262. The molecule has 0 spiro atoms. The highest BCUT2D eigenvalue weighted by molar-refractivity contribution is 5.17. The zero-order chi connectivity index (χ0) is 12.3. The quantitative estimate of drug-likeness (QED) is 0.472. The van der Waals surface area contributed by atoms with E-state index in [1.807, 2.05) is 0 Å². The third-order valence-electron chi connectivity index (χ3n) is 2.73. The zero-order valence-corrected chi connectivity index (χ0v) is 10.6. The molecule has 0 aromatic carbocycles. The largest absolute Gasteiger partial charge is 0.489 e. The van der Waals surface area contributed by atoms with Crippen LogP contribution in [0.1, 0.15) is 51.9 Å². The molecule has 1 heterocycles. The van der Waals surface area contributed by atoms with Crippen molar-refractivity contribution in [2.45, 2.75) is 51.9 Å². The summed E-state index contributed by atoms with van der Waals surface area (Å²) in [6.07, 6.45) is 10.1.